The van der Waals surface area contributed by atoms with Crippen LogP contribution in [0.5, 0.6) is 5.75 Å². The highest BCUT2D eigenvalue weighted by Gasteiger charge is 2.06. The van der Waals surface area contributed by atoms with Gasteiger partial charge in [-0.3, -0.25) is 4.79 Å². The minimum Gasteiger partial charge on any atom is -0.487 e. The van der Waals surface area contributed by atoms with Crippen molar-refractivity contribution in [2.75, 3.05) is 11.9 Å². The molecule has 0 saturated heterocycles. The lowest BCUT2D eigenvalue weighted by Crippen LogP contribution is -2.17. The van der Waals surface area contributed by atoms with Crippen molar-refractivity contribution < 1.29 is 9.53 Å². The van der Waals surface area contributed by atoms with Crippen molar-refractivity contribution >= 4 is 51.4 Å². The molecule has 2 rings (SSSR count). The Morgan fingerprint density at radius 3 is 2.57 bits per heavy atom. The second-order valence-electron chi connectivity index (χ2n) is 4.24. The number of hydrogen-bond donors (Lipinski definition) is 2. The summed E-state index contributed by atoms with van der Waals surface area (Å²) < 4.78 is 6.36. The summed E-state index contributed by atoms with van der Waals surface area (Å²) >= 11 is 6.91. The van der Waals surface area contributed by atoms with E-state index in [0.29, 0.717) is 22.0 Å². The first-order valence-electron chi connectivity index (χ1n) is 6.12. The number of thiocarbonyl (C=S) groups is 1. The number of amides is 1. The third kappa shape index (κ3) is 4.98. The Labute approximate surface area is 141 Å². The SMILES string of the molecule is NC(=S)COc1ccc(NC(=O)c2cccc(I)c2)cc1. The molecule has 4 nitrogen and oxygen atoms in total. The maximum absolute atomic E-state index is 12.1. The fourth-order valence-electron chi connectivity index (χ4n) is 1.62. The van der Waals surface area contributed by atoms with Gasteiger partial charge in [0, 0.05) is 14.8 Å². The number of halogens is 1. The highest BCUT2D eigenvalue weighted by atomic mass is 127. The first-order valence-corrected chi connectivity index (χ1v) is 7.61. The lowest BCUT2D eigenvalue weighted by Gasteiger charge is -2.08. The van der Waals surface area contributed by atoms with Crippen molar-refractivity contribution in [3.63, 3.8) is 0 Å². The predicted octanol–water partition coefficient (Wildman–Crippen LogP) is 3.21. The quantitative estimate of drug-likeness (QED) is 0.585. The van der Waals surface area contributed by atoms with Crippen molar-refractivity contribution in [2.24, 2.45) is 5.73 Å². The van der Waals surface area contributed by atoms with Crippen LogP contribution in [0.4, 0.5) is 5.69 Å². The van der Waals surface area contributed by atoms with Crippen molar-refractivity contribution in [2.45, 2.75) is 0 Å². The maximum atomic E-state index is 12.1. The highest BCUT2D eigenvalue weighted by molar-refractivity contribution is 14.1. The van der Waals surface area contributed by atoms with Crippen LogP contribution in [0.1, 0.15) is 10.4 Å². The van der Waals surface area contributed by atoms with Crippen LogP contribution in [-0.2, 0) is 0 Å². The summed E-state index contributed by atoms with van der Waals surface area (Å²) in [5.41, 5.74) is 6.68. The van der Waals surface area contributed by atoms with Crippen molar-refractivity contribution in [3.8, 4) is 5.75 Å². The zero-order valence-corrected chi connectivity index (χ0v) is 14.0. The molecule has 2 aromatic rings. The topological polar surface area (TPSA) is 64.3 Å². The van der Waals surface area contributed by atoms with Crippen LogP contribution in [0.15, 0.2) is 48.5 Å². The van der Waals surface area contributed by atoms with E-state index in [1.54, 1.807) is 30.3 Å². The third-order valence-corrected chi connectivity index (χ3v) is 3.37. The van der Waals surface area contributed by atoms with E-state index < -0.39 is 0 Å². The fraction of sp³-hybridized carbons (Fsp3) is 0.0667. The molecule has 108 valence electrons. The molecule has 0 saturated carbocycles. The molecule has 0 spiro atoms. The second kappa shape index (κ2) is 7.37. The lowest BCUT2D eigenvalue weighted by molar-refractivity contribution is 0.102. The van der Waals surface area contributed by atoms with E-state index >= 15 is 0 Å². The molecule has 0 unspecified atom stereocenters. The van der Waals surface area contributed by atoms with Crippen molar-refractivity contribution in [1.82, 2.24) is 0 Å². The number of carbonyl (C=O) groups is 1. The summed E-state index contributed by atoms with van der Waals surface area (Å²) in [7, 11) is 0. The van der Waals surface area contributed by atoms with Crippen LogP contribution in [0.25, 0.3) is 0 Å². The average molecular weight is 412 g/mol. The first-order chi connectivity index (χ1) is 10.0. The molecule has 0 aliphatic carbocycles. The van der Waals surface area contributed by atoms with Gasteiger partial charge in [-0.2, -0.15) is 0 Å². The van der Waals surface area contributed by atoms with Crippen molar-refractivity contribution in [1.29, 1.82) is 0 Å². The van der Waals surface area contributed by atoms with E-state index in [1.165, 1.54) is 0 Å². The van der Waals surface area contributed by atoms with Gasteiger partial charge in [-0.25, -0.2) is 0 Å². The van der Waals surface area contributed by atoms with Gasteiger partial charge in [0.2, 0.25) is 0 Å². The van der Waals surface area contributed by atoms with E-state index in [9.17, 15) is 4.79 Å². The summed E-state index contributed by atoms with van der Waals surface area (Å²) in [6.07, 6.45) is 0. The molecule has 0 bridgehead atoms. The smallest absolute Gasteiger partial charge is 0.255 e. The molecular weight excluding hydrogens is 399 g/mol. The van der Waals surface area contributed by atoms with Crippen LogP contribution in [0, 0.1) is 3.57 Å². The monoisotopic (exact) mass is 412 g/mol. The Morgan fingerprint density at radius 1 is 1.24 bits per heavy atom. The van der Waals surface area contributed by atoms with E-state index in [4.69, 9.17) is 22.7 Å². The molecule has 0 fully saturated rings. The highest BCUT2D eigenvalue weighted by Crippen LogP contribution is 2.17. The van der Waals surface area contributed by atoms with E-state index in [1.807, 2.05) is 18.2 Å². The van der Waals surface area contributed by atoms with Crippen LogP contribution in [0.3, 0.4) is 0 Å². The van der Waals surface area contributed by atoms with Gasteiger partial charge in [0.1, 0.15) is 17.3 Å². The molecule has 0 heterocycles. The lowest BCUT2D eigenvalue weighted by atomic mass is 10.2. The number of carbonyl (C=O) groups excluding carboxylic acids is 1. The predicted molar refractivity (Wildman–Crippen MR) is 95.8 cm³/mol. The molecule has 21 heavy (non-hydrogen) atoms. The Hall–Kier alpha value is -1.67. The number of rotatable bonds is 5. The van der Waals surface area contributed by atoms with Crippen LogP contribution < -0.4 is 15.8 Å². The molecular formula is C15H13IN2O2S. The van der Waals surface area contributed by atoms with Gasteiger partial charge in [0.05, 0.1) is 0 Å². The van der Waals surface area contributed by atoms with Crippen molar-refractivity contribution in [3.05, 3.63) is 57.7 Å². The Kier molecular flexibility index (Phi) is 5.51. The van der Waals surface area contributed by atoms with Gasteiger partial charge in [0.25, 0.3) is 5.91 Å². The molecule has 0 aliphatic heterocycles. The molecule has 1 amide bonds. The van der Waals surface area contributed by atoms with Crippen LogP contribution >= 0.6 is 34.8 Å². The maximum Gasteiger partial charge on any atom is 0.255 e. The molecule has 3 N–H and O–H groups in total. The number of anilines is 1. The van der Waals surface area contributed by atoms with Crippen LogP contribution in [0.2, 0.25) is 0 Å². The largest absolute Gasteiger partial charge is 0.487 e. The molecule has 0 radical (unpaired) electrons. The summed E-state index contributed by atoms with van der Waals surface area (Å²) in [5.74, 6) is 0.500. The summed E-state index contributed by atoms with van der Waals surface area (Å²) in [6.45, 7) is 0.198. The van der Waals surface area contributed by atoms with E-state index in [0.717, 1.165) is 3.57 Å². The minimum atomic E-state index is -0.148. The Bertz CT molecular complexity index is 659. The molecule has 0 aromatic heterocycles. The standard InChI is InChI=1S/C15H13IN2O2S/c16-11-3-1-2-10(8-11)15(19)18-12-4-6-13(7-5-12)20-9-14(17)21/h1-8H,9H2,(H2,17,21)(H,18,19). The molecule has 0 atom stereocenters. The second-order valence-corrected chi connectivity index (χ2v) is 6.01. The number of nitrogens with one attached hydrogen (secondary N) is 1. The minimum absolute atomic E-state index is 0.148. The van der Waals surface area contributed by atoms with Crippen LogP contribution in [-0.4, -0.2) is 17.5 Å². The fourth-order valence-corrected chi connectivity index (χ4v) is 2.22. The van der Waals surface area contributed by atoms with Gasteiger partial charge in [-0.15, -0.1) is 0 Å². The first kappa shape index (κ1) is 15.7. The molecule has 2 aromatic carbocycles. The van der Waals surface area contributed by atoms with Gasteiger partial charge in [-0.05, 0) is 65.1 Å². The number of hydrogen-bond acceptors (Lipinski definition) is 3. The summed E-state index contributed by atoms with van der Waals surface area (Å²) in [6, 6.07) is 14.4. The number of ether oxygens (including phenoxy) is 1. The van der Waals surface area contributed by atoms with Gasteiger partial charge >= 0.3 is 0 Å². The summed E-state index contributed by atoms with van der Waals surface area (Å²) in [4.78, 5) is 12.4. The Morgan fingerprint density at radius 2 is 1.95 bits per heavy atom. The van der Waals surface area contributed by atoms with Gasteiger partial charge < -0.3 is 15.8 Å². The number of benzene rings is 2. The van der Waals surface area contributed by atoms with E-state index in [-0.39, 0.29) is 12.5 Å². The molecule has 6 heteroatoms. The Balaban J connectivity index is 2.00. The normalized spacial score (nSPS) is 9.95. The molecule has 0 aliphatic rings. The van der Waals surface area contributed by atoms with Gasteiger partial charge in [-0.1, -0.05) is 18.3 Å². The summed E-state index contributed by atoms with van der Waals surface area (Å²) in [5, 5.41) is 2.83. The third-order valence-electron chi connectivity index (χ3n) is 2.58. The van der Waals surface area contributed by atoms with Gasteiger partial charge in [0.15, 0.2) is 0 Å². The zero-order valence-electron chi connectivity index (χ0n) is 11.0. The van der Waals surface area contributed by atoms with E-state index in [2.05, 4.69) is 27.9 Å². The zero-order chi connectivity index (χ0) is 15.2. The number of nitrogens with two attached hydrogens (primary N) is 1. The average Bonchev–Trinajstić information content (AvgIpc) is 2.46.